The molecule has 1 amide bonds. The van der Waals surface area contributed by atoms with Gasteiger partial charge >= 0.3 is 6.18 Å². The van der Waals surface area contributed by atoms with Crippen LogP contribution in [0.15, 0.2) is 16.7 Å². The minimum atomic E-state index is -4.40. The Labute approximate surface area is 114 Å². The van der Waals surface area contributed by atoms with E-state index in [9.17, 15) is 18.0 Å². The number of furan rings is 1. The molecule has 1 aliphatic rings. The first kappa shape index (κ1) is 14.9. The molecule has 0 radical (unpaired) electrons. The van der Waals surface area contributed by atoms with Crippen LogP contribution in [0.3, 0.4) is 0 Å². The van der Waals surface area contributed by atoms with Crippen LogP contribution in [-0.4, -0.2) is 42.7 Å². The number of nitrogens with one attached hydrogen (secondary N) is 1. The van der Waals surface area contributed by atoms with Gasteiger partial charge in [0, 0.05) is 6.04 Å². The molecule has 1 aliphatic heterocycles. The van der Waals surface area contributed by atoms with Gasteiger partial charge in [-0.3, -0.25) is 4.79 Å². The van der Waals surface area contributed by atoms with Crippen LogP contribution in [-0.2, 0) is 0 Å². The number of carbonyl (C=O) groups excluding carboxylic acids is 1. The average molecular weight is 290 g/mol. The number of carbonyl (C=O) groups is 1. The van der Waals surface area contributed by atoms with Gasteiger partial charge in [-0.25, -0.2) is 0 Å². The van der Waals surface area contributed by atoms with Crippen molar-refractivity contribution in [2.45, 2.75) is 32.0 Å². The van der Waals surface area contributed by atoms with Crippen molar-refractivity contribution in [2.75, 3.05) is 19.6 Å². The predicted octanol–water partition coefficient (Wildman–Crippen LogP) is 2.34. The molecular formula is C13H17F3N2O2. The Balaban J connectivity index is 2.21. The van der Waals surface area contributed by atoms with Crippen LogP contribution in [0.25, 0.3) is 0 Å². The van der Waals surface area contributed by atoms with E-state index in [1.54, 1.807) is 6.92 Å². The third kappa shape index (κ3) is 3.53. The molecule has 0 bridgehead atoms. The van der Waals surface area contributed by atoms with Crippen molar-refractivity contribution in [3.63, 3.8) is 0 Å². The second-order valence-corrected chi connectivity index (χ2v) is 4.92. The SMILES string of the molecule is Cc1occc1C(=O)N(CC(F)(F)F)C1CCNCC1. The number of hydrogen-bond acceptors (Lipinski definition) is 3. The fourth-order valence-electron chi connectivity index (χ4n) is 2.44. The van der Waals surface area contributed by atoms with Crippen molar-refractivity contribution in [3.05, 3.63) is 23.7 Å². The van der Waals surface area contributed by atoms with E-state index in [1.807, 2.05) is 0 Å². The number of hydrogen-bond donors (Lipinski definition) is 1. The third-order valence-electron chi connectivity index (χ3n) is 3.45. The molecule has 7 heteroatoms. The molecule has 2 heterocycles. The minimum absolute atomic E-state index is 0.202. The van der Waals surface area contributed by atoms with Crippen molar-refractivity contribution in [1.29, 1.82) is 0 Å². The van der Waals surface area contributed by atoms with Gasteiger partial charge in [-0.05, 0) is 38.9 Å². The lowest BCUT2D eigenvalue weighted by Gasteiger charge is -2.35. The van der Waals surface area contributed by atoms with Crippen molar-refractivity contribution in [2.24, 2.45) is 0 Å². The van der Waals surface area contributed by atoms with Crippen LogP contribution in [0.4, 0.5) is 13.2 Å². The van der Waals surface area contributed by atoms with Crippen LogP contribution in [0.2, 0.25) is 0 Å². The van der Waals surface area contributed by atoms with E-state index < -0.39 is 18.6 Å². The van der Waals surface area contributed by atoms with Crippen LogP contribution in [0.1, 0.15) is 29.0 Å². The molecule has 1 saturated heterocycles. The van der Waals surface area contributed by atoms with Gasteiger partial charge in [-0.15, -0.1) is 0 Å². The fraction of sp³-hybridized carbons (Fsp3) is 0.615. The Morgan fingerprint density at radius 2 is 2.10 bits per heavy atom. The molecule has 112 valence electrons. The highest BCUT2D eigenvalue weighted by atomic mass is 19.4. The highest BCUT2D eigenvalue weighted by molar-refractivity contribution is 5.95. The molecule has 20 heavy (non-hydrogen) atoms. The van der Waals surface area contributed by atoms with Gasteiger partial charge in [0.1, 0.15) is 12.3 Å². The Morgan fingerprint density at radius 3 is 2.60 bits per heavy atom. The van der Waals surface area contributed by atoms with E-state index in [1.165, 1.54) is 12.3 Å². The first-order valence-electron chi connectivity index (χ1n) is 6.51. The number of halogens is 3. The summed E-state index contributed by atoms with van der Waals surface area (Å²) in [5.41, 5.74) is 0.202. The smallest absolute Gasteiger partial charge is 0.406 e. The lowest BCUT2D eigenvalue weighted by atomic mass is 10.0. The van der Waals surface area contributed by atoms with Crippen molar-refractivity contribution in [1.82, 2.24) is 10.2 Å². The summed E-state index contributed by atoms with van der Waals surface area (Å²) in [6, 6.07) is 1.03. The van der Waals surface area contributed by atoms with Gasteiger partial charge in [0.05, 0.1) is 11.8 Å². The molecule has 0 saturated carbocycles. The maximum absolute atomic E-state index is 12.7. The molecule has 0 spiro atoms. The Morgan fingerprint density at radius 1 is 1.45 bits per heavy atom. The molecule has 1 aromatic rings. The summed E-state index contributed by atoms with van der Waals surface area (Å²) >= 11 is 0. The topological polar surface area (TPSA) is 45.5 Å². The molecule has 0 atom stereocenters. The van der Waals surface area contributed by atoms with Crippen molar-refractivity contribution >= 4 is 5.91 Å². The zero-order valence-corrected chi connectivity index (χ0v) is 11.2. The van der Waals surface area contributed by atoms with E-state index in [0.29, 0.717) is 31.7 Å². The lowest BCUT2D eigenvalue weighted by molar-refractivity contribution is -0.145. The van der Waals surface area contributed by atoms with Crippen molar-refractivity contribution in [3.8, 4) is 0 Å². The standard InChI is InChI=1S/C13H17F3N2O2/c1-9-11(4-7-20-9)12(19)18(8-13(14,15)16)10-2-5-17-6-3-10/h4,7,10,17H,2-3,5-6,8H2,1H3. The molecule has 0 unspecified atom stereocenters. The molecular weight excluding hydrogens is 273 g/mol. The summed E-state index contributed by atoms with van der Waals surface area (Å²) < 4.78 is 43.2. The van der Waals surface area contributed by atoms with Crippen LogP contribution < -0.4 is 5.32 Å². The van der Waals surface area contributed by atoms with Gasteiger partial charge in [0.25, 0.3) is 5.91 Å². The maximum Gasteiger partial charge on any atom is 0.406 e. The Bertz CT molecular complexity index is 464. The van der Waals surface area contributed by atoms with E-state index in [0.717, 1.165) is 4.90 Å². The summed E-state index contributed by atoms with van der Waals surface area (Å²) in [5.74, 6) is -0.267. The largest absolute Gasteiger partial charge is 0.469 e. The normalized spacial score (nSPS) is 17.2. The molecule has 1 N–H and O–H groups in total. The Kier molecular flexibility index (Phi) is 4.37. The van der Waals surface area contributed by atoms with Gasteiger partial charge in [-0.2, -0.15) is 13.2 Å². The molecule has 0 aromatic carbocycles. The van der Waals surface area contributed by atoms with Gasteiger partial charge in [0.15, 0.2) is 0 Å². The summed E-state index contributed by atoms with van der Waals surface area (Å²) in [4.78, 5) is 13.3. The maximum atomic E-state index is 12.7. The molecule has 2 rings (SSSR count). The quantitative estimate of drug-likeness (QED) is 0.929. The third-order valence-corrected chi connectivity index (χ3v) is 3.45. The van der Waals surface area contributed by atoms with Gasteiger partial charge < -0.3 is 14.6 Å². The van der Waals surface area contributed by atoms with E-state index >= 15 is 0 Å². The van der Waals surface area contributed by atoms with Crippen LogP contribution >= 0.6 is 0 Å². The average Bonchev–Trinajstić information content (AvgIpc) is 2.81. The van der Waals surface area contributed by atoms with Crippen LogP contribution in [0.5, 0.6) is 0 Å². The number of nitrogens with zero attached hydrogens (tertiary/aromatic N) is 1. The number of aryl methyl sites for hydroxylation is 1. The molecule has 1 aromatic heterocycles. The first-order chi connectivity index (χ1) is 9.38. The van der Waals surface area contributed by atoms with Gasteiger partial charge in [-0.1, -0.05) is 0 Å². The molecule has 0 aliphatic carbocycles. The monoisotopic (exact) mass is 290 g/mol. The Hall–Kier alpha value is -1.50. The lowest BCUT2D eigenvalue weighted by Crippen LogP contribution is -2.49. The minimum Gasteiger partial charge on any atom is -0.469 e. The van der Waals surface area contributed by atoms with Crippen molar-refractivity contribution < 1.29 is 22.4 Å². The summed E-state index contributed by atoms with van der Waals surface area (Å²) in [6.45, 7) is 1.59. The highest BCUT2D eigenvalue weighted by Crippen LogP contribution is 2.24. The van der Waals surface area contributed by atoms with Gasteiger partial charge in [0.2, 0.25) is 0 Å². The highest BCUT2D eigenvalue weighted by Gasteiger charge is 2.37. The fourth-order valence-corrected chi connectivity index (χ4v) is 2.44. The second-order valence-electron chi connectivity index (χ2n) is 4.92. The zero-order chi connectivity index (χ0) is 14.8. The number of piperidine rings is 1. The van der Waals surface area contributed by atoms with E-state index in [-0.39, 0.29) is 11.6 Å². The number of rotatable bonds is 3. The van der Waals surface area contributed by atoms with Crippen LogP contribution in [0, 0.1) is 6.92 Å². The zero-order valence-electron chi connectivity index (χ0n) is 11.2. The summed E-state index contributed by atoms with van der Waals surface area (Å²) in [6.07, 6.45) is -2.04. The molecule has 4 nitrogen and oxygen atoms in total. The second kappa shape index (κ2) is 5.87. The first-order valence-corrected chi connectivity index (χ1v) is 6.51. The number of alkyl halides is 3. The summed E-state index contributed by atoms with van der Waals surface area (Å²) in [5, 5.41) is 3.08. The number of amides is 1. The summed E-state index contributed by atoms with van der Waals surface area (Å²) in [7, 11) is 0. The predicted molar refractivity (Wildman–Crippen MR) is 66.4 cm³/mol. The van der Waals surface area contributed by atoms with E-state index in [4.69, 9.17) is 4.42 Å². The van der Waals surface area contributed by atoms with E-state index in [2.05, 4.69) is 5.32 Å². The molecule has 1 fully saturated rings.